The van der Waals surface area contributed by atoms with Crippen molar-refractivity contribution in [1.82, 2.24) is 0 Å². The number of allylic oxidation sites excluding steroid dienone is 3. The van der Waals surface area contributed by atoms with Crippen LogP contribution in [0.3, 0.4) is 0 Å². The Labute approximate surface area is 175 Å². The Hall–Kier alpha value is -0.560. The zero-order valence-corrected chi connectivity index (χ0v) is 19.4. The maximum Gasteiger partial charge on any atom is 0.0686 e. The molecule has 0 spiro atoms. The lowest BCUT2D eigenvalue weighted by Crippen LogP contribution is -2.42. The summed E-state index contributed by atoms with van der Waals surface area (Å²) in [5.74, 6) is 4.52. The van der Waals surface area contributed by atoms with Crippen LogP contribution in [0.15, 0.2) is 23.8 Å². The lowest BCUT2D eigenvalue weighted by Gasteiger charge is -2.49. The molecule has 3 aliphatic rings. The van der Waals surface area contributed by atoms with E-state index in [0.29, 0.717) is 11.5 Å². The molecule has 2 fully saturated rings. The summed E-state index contributed by atoms with van der Waals surface area (Å²) >= 11 is 0. The zero-order chi connectivity index (χ0) is 20.1. The monoisotopic (exact) mass is 386 g/mol. The number of hydrogen-bond donors (Lipinski definition) is 0. The summed E-state index contributed by atoms with van der Waals surface area (Å²) in [6.45, 7) is 13.1. The van der Waals surface area contributed by atoms with E-state index in [1.54, 1.807) is 0 Å². The van der Waals surface area contributed by atoms with Gasteiger partial charge in [-0.05, 0) is 91.9 Å². The second-order valence-electron chi connectivity index (χ2n) is 10.8. The van der Waals surface area contributed by atoms with Gasteiger partial charge in [0, 0.05) is 0 Å². The lowest BCUT2D eigenvalue weighted by molar-refractivity contribution is -0.0259. The van der Waals surface area contributed by atoms with E-state index in [2.05, 4.69) is 52.8 Å². The molecule has 1 heteroatoms. The van der Waals surface area contributed by atoms with Crippen molar-refractivity contribution in [2.24, 2.45) is 35.0 Å². The normalized spacial score (nSPS) is 36.0. The molecule has 0 radical (unpaired) electrons. The largest absolute Gasteiger partial charge is 0.374 e. The fraction of sp³-hybridized carbons (Fsp3) is 0.852. The summed E-state index contributed by atoms with van der Waals surface area (Å²) in [4.78, 5) is 0. The maximum absolute atomic E-state index is 6.54. The molecule has 6 unspecified atom stereocenters. The van der Waals surface area contributed by atoms with Gasteiger partial charge < -0.3 is 4.74 Å². The van der Waals surface area contributed by atoms with Crippen LogP contribution in [0, 0.1) is 35.0 Å². The minimum Gasteiger partial charge on any atom is -0.374 e. The van der Waals surface area contributed by atoms with E-state index in [0.717, 1.165) is 42.6 Å². The van der Waals surface area contributed by atoms with E-state index >= 15 is 0 Å². The van der Waals surface area contributed by atoms with Crippen molar-refractivity contribution in [3.8, 4) is 0 Å². The molecular formula is C27H46O. The second kappa shape index (κ2) is 9.96. The number of fused-ring (bicyclic) bond motifs is 1. The van der Waals surface area contributed by atoms with E-state index in [1.165, 1.54) is 63.4 Å². The van der Waals surface area contributed by atoms with Gasteiger partial charge in [-0.15, -0.1) is 0 Å². The third kappa shape index (κ3) is 4.94. The predicted molar refractivity (Wildman–Crippen MR) is 121 cm³/mol. The molecule has 0 aromatic heterocycles. The molecule has 3 rings (SSSR count). The molecule has 0 saturated heterocycles. The molecule has 6 atom stereocenters. The molecule has 0 bridgehead atoms. The molecule has 160 valence electrons. The van der Waals surface area contributed by atoms with E-state index in [1.807, 2.05) is 0 Å². The lowest BCUT2D eigenvalue weighted by atomic mass is 9.56. The van der Waals surface area contributed by atoms with Crippen molar-refractivity contribution in [1.29, 1.82) is 0 Å². The van der Waals surface area contributed by atoms with Crippen molar-refractivity contribution in [3.05, 3.63) is 23.8 Å². The summed E-state index contributed by atoms with van der Waals surface area (Å²) in [6, 6.07) is 0. The van der Waals surface area contributed by atoms with Gasteiger partial charge >= 0.3 is 0 Å². The Balaban J connectivity index is 1.63. The minimum absolute atomic E-state index is 0.454. The summed E-state index contributed by atoms with van der Waals surface area (Å²) in [5.41, 5.74) is 2.08. The molecule has 28 heavy (non-hydrogen) atoms. The van der Waals surface area contributed by atoms with Gasteiger partial charge in [0.2, 0.25) is 0 Å². The van der Waals surface area contributed by atoms with Crippen LogP contribution in [-0.4, -0.2) is 12.7 Å². The van der Waals surface area contributed by atoms with Crippen LogP contribution < -0.4 is 0 Å². The quantitative estimate of drug-likeness (QED) is 0.370. The van der Waals surface area contributed by atoms with Crippen molar-refractivity contribution >= 4 is 0 Å². The first-order chi connectivity index (χ1) is 13.5. The standard InChI is InChI=1S/C27H46O/c1-6-23-13-15-26-25(7-2)22(16-17-27(23,26)5)18-24(14-12-20(3)4)28-19-21-10-8-9-11-21/h8-10,20,22-26H,6-7,11-19H2,1-5H3. The van der Waals surface area contributed by atoms with Crippen molar-refractivity contribution in [2.75, 3.05) is 6.61 Å². The minimum atomic E-state index is 0.454. The first kappa shape index (κ1) is 22.1. The van der Waals surface area contributed by atoms with Crippen LogP contribution in [0.25, 0.3) is 0 Å². The molecule has 1 nitrogen and oxygen atoms in total. The molecule has 0 aromatic rings. The van der Waals surface area contributed by atoms with Gasteiger partial charge in [0.25, 0.3) is 0 Å². The van der Waals surface area contributed by atoms with E-state index in [9.17, 15) is 0 Å². The van der Waals surface area contributed by atoms with Crippen molar-refractivity contribution in [3.63, 3.8) is 0 Å². The van der Waals surface area contributed by atoms with Crippen molar-refractivity contribution < 1.29 is 4.74 Å². The molecule has 0 amide bonds. The molecule has 0 N–H and O–H groups in total. The highest BCUT2D eigenvalue weighted by Crippen LogP contribution is 2.61. The summed E-state index contributed by atoms with van der Waals surface area (Å²) in [6.07, 6.45) is 20.7. The third-order valence-corrected chi connectivity index (χ3v) is 8.73. The molecule has 0 heterocycles. The van der Waals surface area contributed by atoms with Gasteiger partial charge in [-0.25, -0.2) is 0 Å². The van der Waals surface area contributed by atoms with Crippen LogP contribution in [-0.2, 0) is 4.74 Å². The highest BCUT2D eigenvalue weighted by molar-refractivity contribution is 5.23. The van der Waals surface area contributed by atoms with Gasteiger partial charge in [0.05, 0.1) is 12.7 Å². The molecular weight excluding hydrogens is 340 g/mol. The summed E-state index contributed by atoms with van der Waals surface area (Å²) in [5, 5.41) is 0. The Morgan fingerprint density at radius 2 is 1.93 bits per heavy atom. The fourth-order valence-corrected chi connectivity index (χ4v) is 7.01. The van der Waals surface area contributed by atoms with E-state index in [-0.39, 0.29) is 0 Å². The van der Waals surface area contributed by atoms with Crippen LogP contribution in [0.2, 0.25) is 0 Å². The van der Waals surface area contributed by atoms with Crippen LogP contribution in [0.4, 0.5) is 0 Å². The highest BCUT2D eigenvalue weighted by atomic mass is 16.5. The number of hydrogen-bond acceptors (Lipinski definition) is 1. The van der Waals surface area contributed by atoms with E-state index in [4.69, 9.17) is 4.74 Å². The van der Waals surface area contributed by atoms with Crippen LogP contribution in [0.1, 0.15) is 98.8 Å². The van der Waals surface area contributed by atoms with Gasteiger partial charge in [-0.2, -0.15) is 0 Å². The first-order valence-corrected chi connectivity index (χ1v) is 12.4. The molecule has 2 saturated carbocycles. The topological polar surface area (TPSA) is 9.23 Å². The smallest absolute Gasteiger partial charge is 0.0686 e. The van der Waals surface area contributed by atoms with Gasteiger partial charge in [0.1, 0.15) is 0 Å². The van der Waals surface area contributed by atoms with Crippen LogP contribution in [0.5, 0.6) is 0 Å². The highest BCUT2D eigenvalue weighted by Gasteiger charge is 2.52. The summed E-state index contributed by atoms with van der Waals surface area (Å²) < 4.78 is 6.54. The number of ether oxygens (including phenoxy) is 1. The van der Waals surface area contributed by atoms with Gasteiger partial charge in [-0.1, -0.05) is 65.7 Å². The molecule has 0 aromatic carbocycles. The summed E-state index contributed by atoms with van der Waals surface area (Å²) in [7, 11) is 0. The molecule has 0 aliphatic heterocycles. The van der Waals surface area contributed by atoms with Gasteiger partial charge in [0.15, 0.2) is 0 Å². The molecule has 3 aliphatic carbocycles. The van der Waals surface area contributed by atoms with Gasteiger partial charge in [-0.3, -0.25) is 0 Å². The Bertz CT molecular complexity index is 544. The Morgan fingerprint density at radius 3 is 2.57 bits per heavy atom. The Kier molecular flexibility index (Phi) is 7.88. The van der Waals surface area contributed by atoms with Crippen LogP contribution >= 0.6 is 0 Å². The second-order valence-corrected chi connectivity index (χ2v) is 10.8. The SMILES string of the molecule is CCC1C(CC(CCC(C)C)OCC2=CC=CC2)CCC2(C)C(CC)CCC12. The third-order valence-electron chi connectivity index (χ3n) is 8.73. The zero-order valence-electron chi connectivity index (χ0n) is 19.4. The first-order valence-electron chi connectivity index (χ1n) is 12.4. The average Bonchev–Trinajstić information content (AvgIpc) is 3.31. The van der Waals surface area contributed by atoms with E-state index < -0.39 is 0 Å². The fourth-order valence-electron chi connectivity index (χ4n) is 7.01. The average molecular weight is 387 g/mol. The predicted octanol–water partition coefficient (Wildman–Crippen LogP) is 7.96. The number of rotatable bonds is 10. The maximum atomic E-state index is 6.54. The van der Waals surface area contributed by atoms with Crippen molar-refractivity contribution in [2.45, 2.75) is 105 Å². The Morgan fingerprint density at radius 1 is 1.11 bits per heavy atom.